The molecule has 0 unspecified atom stereocenters. The van der Waals surface area contributed by atoms with Crippen LogP contribution >= 0.6 is 12.2 Å². The van der Waals surface area contributed by atoms with E-state index < -0.39 is 0 Å². The molecule has 1 nitrogen and oxygen atoms in total. The Morgan fingerprint density at radius 2 is 2.00 bits per heavy atom. The summed E-state index contributed by atoms with van der Waals surface area (Å²) < 4.78 is 0. The molecular formula is C12H15NS. The predicted octanol–water partition coefficient (Wildman–Crippen LogP) is 3.24. The van der Waals surface area contributed by atoms with Gasteiger partial charge in [-0.25, -0.2) is 0 Å². The van der Waals surface area contributed by atoms with Crippen molar-refractivity contribution in [2.24, 2.45) is 0 Å². The van der Waals surface area contributed by atoms with Crippen LogP contribution in [0.3, 0.4) is 0 Å². The average molecular weight is 205 g/mol. The molecule has 0 aliphatic heterocycles. The zero-order valence-corrected chi connectivity index (χ0v) is 9.34. The van der Waals surface area contributed by atoms with Gasteiger partial charge in [-0.3, -0.25) is 0 Å². The Hall–Kier alpha value is -1.15. The topological polar surface area (TPSA) is 12.0 Å². The summed E-state index contributed by atoms with van der Waals surface area (Å²) in [5.74, 6) is 0. The van der Waals surface area contributed by atoms with Gasteiger partial charge in [0.1, 0.15) is 0 Å². The van der Waals surface area contributed by atoms with Gasteiger partial charge in [0.05, 0.1) is 4.99 Å². The van der Waals surface area contributed by atoms with E-state index >= 15 is 0 Å². The third-order valence-electron chi connectivity index (χ3n) is 1.98. The Bertz CT molecular complexity index is 316. The average Bonchev–Trinajstić information content (AvgIpc) is 2.19. The standard InChI is InChI=1S/C12H15NS/c1-3-7-12(14)13-10(2)11-8-5-4-6-9-11/h3-10H,1-2H3,(H,13,14)/b7-3-/t10-/m1/s1. The Morgan fingerprint density at radius 3 is 2.57 bits per heavy atom. The zero-order valence-electron chi connectivity index (χ0n) is 8.53. The molecular weight excluding hydrogens is 190 g/mol. The van der Waals surface area contributed by atoms with Crippen molar-refractivity contribution in [2.75, 3.05) is 0 Å². The summed E-state index contributed by atoms with van der Waals surface area (Å²) in [7, 11) is 0. The maximum absolute atomic E-state index is 5.13. The number of hydrogen-bond acceptors (Lipinski definition) is 1. The number of thiocarbonyl (C=S) groups is 1. The minimum atomic E-state index is 0.264. The molecule has 0 heterocycles. The molecule has 0 saturated carbocycles. The van der Waals surface area contributed by atoms with Crippen LogP contribution in [0.2, 0.25) is 0 Å². The molecule has 74 valence electrons. The van der Waals surface area contributed by atoms with Gasteiger partial charge >= 0.3 is 0 Å². The fraction of sp³-hybridized carbons (Fsp3) is 0.250. The highest BCUT2D eigenvalue weighted by molar-refractivity contribution is 7.80. The first-order valence-corrected chi connectivity index (χ1v) is 5.13. The normalized spacial score (nSPS) is 12.7. The summed E-state index contributed by atoms with van der Waals surface area (Å²) >= 11 is 5.13. The lowest BCUT2D eigenvalue weighted by atomic mass is 10.1. The molecule has 1 N–H and O–H groups in total. The van der Waals surface area contributed by atoms with E-state index in [4.69, 9.17) is 12.2 Å². The van der Waals surface area contributed by atoms with Crippen LogP contribution in [0.1, 0.15) is 25.5 Å². The highest BCUT2D eigenvalue weighted by Gasteiger charge is 2.03. The highest BCUT2D eigenvalue weighted by atomic mass is 32.1. The lowest BCUT2D eigenvalue weighted by Crippen LogP contribution is -2.22. The second-order valence-corrected chi connectivity index (χ2v) is 3.58. The summed E-state index contributed by atoms with van der Waals surface area (Å²) in [5, 5.41) is 3.24. The largest absolute Gasteiger partial charge is 0.370 e. The van der Waals surface area contributed by atoms with E-state index in [0.717, 1.165) is 4.99 Å². The second kappa shape index (κ2) is 5.55. The third-order valence-corrected chi connectivity index (χ3v) is 2.23. The molecule has 0 fully saturated rings. The Kier molecular flexibility index (Phi) is 4.33. The Labute approximate surface area is 90.8 Å². The fourth-order valence-corrected chi connectivity index (χ4v) is 1.55. The first-order chi connectivity index (χ1) is 6.74. The van der Waals surface area contributed by atoms with E-state index in [1.54, 1.807) is 0 Å². The van der Waals surface area contributed by atoms with E-state index in [0.29, 0.717) is 0 Å². The van der Waals surface area contributed by atoms with E-state index in [9.17, 15) is 0 Å². The van der Waals surface area contributed by atoms with Crippen molar-refractivity contribution in [2.45, 2.75) is 19.9 Å². The van der Waals surface area contributed by atoms with Crippen molar-refractivity contribution in [1.82, 2.24) is 5.32 Å². The van der Waals surface area contributed by atoms with Crippen molar-refractivity contribution >= 4 is 17.2 Å². The molecule has 14 heavy (non-hydrogen) atoms. The smallest absolute Gasteiger partial charge is 0.0989 e. The molecule has 1 aromatic carbocycles. The van der Waals surface area contributed by atoms with Gasteiger partial charge in [0.15, 0.2) is 0 Å². The number of benzene rings is 1. The SMILES string of the molecule is C/C=C\C(=S)N[C@H](C)c1ccccc1. The Morgan fingerprint density at radius 1 is 1.36 bits per heavy atom. The molecule has 0 spiro atoms. The van der Waals surface area contributed by atoms with Gasteiger partial charge in [-0.2, -0.15) is 0 Å². The second-order valence-electron chi connectivity index (χ2n) is 3.14. The summed E-state index contributed by atoms with van der Waals surface area (Å²) in [4.78, 5) is 0.781. The van der Waals surface area contributed by atoms with Crippen molar-refractivity contribution in [3.05, 3.63) is 48.0 Å². The molecule has 1 atom stereocenters. The number of allylic oxidation sites excluding steroid dienone is 1. The van der Waals surface area contributed by atoms with Gasteiger partial charge in [-0.15, -0.1) is 0 Å². The minimum absolute atomic E-state index is 0.264. The Balaban J connectivity index is 2.59. The van der Waals surface area contributed by atoms with Crippen LogP contribution < -0.4 is 5.32 Å². The van der Waals surface area contributed by atoms with Crippen LogP contribution in [0, 0.1) is 0 Å². The number of hydrogen-bond donors (Lipinski definition) is 1. The quantitative estimate of drug-likeness (QED) is 0.600. The monoisotopic (exact) mass is 205 g/mol. The lowest BCUT2D eigenvalue weighted by molar-refractivity contribution is 0.725. The van der Waals surface area contributed by atoms with Crippen LogP contribution in [0.25, 0.3) is 0 Å². The van der Waals surface area contributed by atoms with Gasteiger partial charge in [-0.05, 0) is 25.5 Å². The molecule has 1 rings (SSSR count). The summed E-state index contributed by atoms with van der Waals surface area (Å²) in [6.45, 7) is 4.06. The van der Waals surface area contributed by atoms with Gasteiger partial charge in [0, 0.05) is 6.04 Å². The molecule has 0 aliphatic rings. The first kappa shape index (κ1) is 10.9. The first-order valence-electron chi connectivity index (χ1n) is 4.72. The zero-order chi connectivity index (χ0) is 10.4. The number of nitrogens with one attached hydrogen (secondary N) is 1. The van der Waals surface area contributed by atoms with Crippen LogP contribution in [0.4, 0.5) is 0 Å². The van der Waals surface area contributed by atoms with Gasteiger partial charge < -0.3 is 5.32 Å². The minimum Gasteiger partial charge on any atom is -0.370 e. The maximum Gasteiger partial charge on any atom is 0.0989 e. The molecule has 1 aromatic rings. The van der Waals surface area contributed by atoms with Gasteiger partial charge in [0.25, 0.3) is 0 Å². The maximum atomic E-state index is 5.13. The summed E-state index contributed by atoms with van der Waals surface area (Å²) in [5.41, 5.74) is 1.25. The highest BCUT2D eigenvalue weighted by Crippen LogP contribution is 2.10. The molecule has 0 aliphatic carbocycles. The summed E-state index contributed by atoms with van der Waals surface area (Å²) in [6, 6.07) is 10.5. The van der Waals surface area contributed by atoms with E-state index in [-0.39, 0.29) is 6.04 Å². The van der Waals surface area contributed by atoms with E-state index in [1.807, 2.05) is 37.3 Å². The number of rotatable bonds is 3. The molecule has 2 heteroatoms. The van der Waals surface area contributed by atoms with Crippen LogP contribution in [-0.4, -0.2) is 4.99 Å². The van der Waals surface area contributed by atoms with Crippen molar-refractivity contribution in [1.29, 1.82) is 0 Å². The van der Waals surface area contributed by atoms with Gasteiger partial charge in [0.2, 0.25) is 0 Å². The van der Waals surface area contributed by atoms with E-state index in [1.165, 1.54) is 5.56 Å². The molecule has 0 bridgehead atoms. The fourth-order valence-electron chi connectivity index (χ4n) is 1.24. The molecule has 0 amide bonds. The molecule has 0 saturated heterocycles. The van der Waals surface area contributed by atoms with Crippen molar-refractivity contribution in [3.8, 4) is 0 Å². The van der Waals surface area contributed by atoms with Crippen LogP contribution in [-0.2, 0) is 0 Å². The van der Waals surface area contributed by atoms with Crippen LogP contribution in [0.5, 0.6) is 0 Å². The van der Waals surface area contributed by atoms with E-state index in [2.05, 4.69) is 24.4 Å². The lowest BCUT2D eigenvalue weighted by Gasteiger charge is -2.14. The van der Waals surface area contributed by atoms with Crippen molar-refractivity contribution in [3.63, 3.8) is 0 Å². The summed E-state index contributed by atoms with van der Waals surface area (Å²) in [6.07, 6.45) is 3.84. The predicted molar refractivity (Wildman–Crippen MR) is 65.4 cm³/mol. The molecule has 0 aromatic heterocycles. The molecule has 0 radical (unpaired) electrons. The van der Waals surface area contributed by atoms with Crippen molar-refractivity contribution < 1.29 is 0 Å². The van der Waals surface area contributed by atoms with Gasteiger partial charge in [-0.1, -0.05) is 48.6 Å². The van der Waals surface area contributed by atoms with Crippen LogP contribution in [0.15, 0.2) is 42.5 Å². The third kappa shape index (κ3) is 3.30.